The first-order valence-corrected chi connectivity index (χ1v) is 7.79. The fourth-order valence-corrected chi connectivity index (χ4v) is 3.91. The number of hydrogen-bond donors (Lipinski definition) is 1. The van der Waals surface area contributed by atoms with E-state index in [1.54, 1.807) is 0 Å². The van der Waals surface area contributed by atoms with Crippen LogP contribution in [0, 0.1) is 34.6 Å². The van der Waals surface area contributed by atoms with Crippen LogP contribution in [0.3, 0.4) is 0 Å². The van der Waals surface area contributed by atoms with E-state index in [1.165, 1.54) is 5.56 Å². The first-order chi connectivity index (χ1) is 8.24. The highest BCUT2D eigenvalue weighted by atomic mass is 32.2. The van der Waals surface area contributed by atoms with E-state index in [9.17, 15) is 8.42 Å². The molecular formula is C14H23NO2S. The van der Waals surface area contributed by atoms with Crippen LogP contribution in [0.4, 0.5) is 0 Å². The minimum absolute atomic E-state index is 0.455. The highest BCUT2D eigenvalue weighted by Crippen LogP contribution is 2.29. The summed E-state index contributed by atoms with van der Waals surface area (Å²) in [7, 11) is -3.40. The Labute approximate surface area is 111 Å². The number of nitrogens with one attached hydrogen (secondary N) is 1. The molecule has 3 nitrogen and oxygen atoms in total. The molecule has 0 radical (unpaired) electrons. The lowest BCUT2D eigenvalue weighted by atomic mass is 9.95. The molecule has 0 fully saturated rings. The number of benzene rings is 1. The van der Waals surface area contributed by atoms with Crippen LogP contribution in [-0.2, 0) is 10.0 Å². The van der Waals surface area contributed by atoms with Crippen molar-refractivity contribution in [1.29, 1.82) is 0 Å². The first-order valence-electron chi connectivity index (χ1n) is 6.30. The maximum Gasteiger partial charge on any atom is 0.241 e. The zero-order chi connectivity index (χ0) is 14.1. The largest absolute Gasteiger partial charge is 0.241 e. The third-order valence-electron chi connectivity index (χ3n) is 3.74. The number of hydrogen-bond acceptors (Lipinski definition) is 2. The second-order valence-electron chi connectivity index (χ2n) is 4.85. The molecule has 0 bridgehead atoms. The van der Waals surface area contributed by atoms with Crippen molar-refractivity contribution in [3.05, 3.63) is 27.8 Å². The van der Waals surface area contributed by atoms with Crippen LogP contribution in [-0.4, -0.2) is 15.0 Å². The van der Waals surface area contributed by atoms with Gasteiger partial charge in [-0.15, -0.1) is 0 Å². The zero-order valence-electron chi connectivity index (χ0n) is 12.1. The molecule has 1 rings (SSSR count). The van der Waals surface area contributed by atoms with Crippen LogP contribution in [0.2, 0.25) is 0 Å². The van der Waals surface area contributed by atoms with Crippen molar-refractivity contribution in [2.75, 3.05) is 6.54 Å². The molecule has 4 heteroatoms. The van der Waals surface area contributed by atoms with Crippen molar-refractivity contribution in [1.82, 2.24) is 4.72 Å². The standard InChI is InChI=1S/C14H23NO2S/c1-7-8-15-18(16,17)14-12(5)10(3)9(2)11(4)13(14)6/h15H,7-8H2,1-6H3. The minimum atomic E-state index is -3.40. The van der Waals surface area contributed by atoms with Gasteiger partial charge in [-0.2, -0.15) is 0 Å². The van der Waals surface area contributed by atoms with Crippen LogP contribution >= 0.6 is 0 Å². The predicted molar refractivity (Wildman–Crippen MR) is 75.6 cm³/mol. The smallest absolute Gasteiger partial charge is 0.211 e. The third kappa shape index (κ3) is 2.59. The molecule has 1 aromatic carbocycles. The van der Waals surface area contributed by atoms with E-state index < -0.39 is 10.0 Å². The molecule has 0 aliphatic rings. The normalized spacial score (nSPS) is 11.9. The molecule has 0 saturated carbocycles. The summed E-state index contributed by atoms with van der Waals surface area (Å²) in [5, 5.41) is 0. The van der Waals surface area contributed by atoms with Gasteiger partial charge in [0, 0.05) is 6.54 Å². The Morgan fingerprint density at radius 2 is 1.22 bits per heavy atom. The number of sulfonamides is 1. The van der Waals surface area contributed by atoms with E-state index in [2.05, 4.69) is 4.72 Å². The molecule has 0 spiro atoms. The van der Waals surface area contributed by atoms with Gasteiger partial charge in [-0.25, -0.2) is 13.1 Å². The summed E-state index contributed by atoms with van der Waals surface area (Å²) in [6.07, 6.45) is 0.793. The SMILES string of the molecule is CCCNS(=O)(=O)c1c(C)c(C)c(C)c(C)c1C. The Morgan fingerprint density at radius 3 is 1.61 bits per heavy atom. The zero-order valence-corrected chi connectivity index (χ0v) is 13.0. The molecule has 18 heavy (non-hydrogen) atoms. The van der Waals surface area contributed by atoms with Gasteiger partial charge in [0.15, 0.2) is 0 Å². The van der Waals surface area contributed by atoms with Gasteiger partial charge in [-0.3, -0.25) is 0 Å². The van der Waals surface area contributed by atoms with Crippen molar-refractivity contribution in [3.63, 3.8) is 0 Å². The first kappa shape index (κ1) is 15.2. The summed E-state index contributed by atoms with van der Waals surface area (Å²) in [6.45, 7) is 12.2. The van der Waals surface area contributed by atoms with Gasteiger partial charge in [0.2, 0.25) is 10.0 Å². The number of rotatable bonds is 4. The minimum Gasteiger partial charge on any atom is -0.211 e. The molecule has 0 aliphatic heterocycles. The van der Waals surface area contributed by atoms with Crippen LogP contribution in [0.5, 0.6) is 0 Å². The molecule has 1 N–H and O–H groups in total. The Kier molecular flexibility index (Phi) is 4.56. The molecule has 1 aromatic rings. The maximum absolute atomic E-state index is 12.3. The van der Waals surface area contributed by atoms with Crippen LogP contribution in [0.25, 0.3) is 0 Å². The Morgan fingerprint density at radius 1 is 0.833 bits per heavy atom. The lowest BCUT2D eigenvalue weighted by Gasteiger charge is -2.18. The molecule has 0 aromatic heterocycles. The molecule has 0 atom stereocenters. The van der Waals surface area contributed by atoms with E-state index >= 15 is 0 Å². The molecular weight excluding hydrogens is 246 g/mol. The summed E-state index contributed by atoms with van der Waals surface area (Å²) < 4.78 is 27.3. The molecule has 0 heterocycles. The van der Waals surface area contributed by atoms with Gasteiger partial charge in [-0.1, -0.05) is 6.92 Å². The average Bonchev–Trinajstić information content (AvgIpc) is 2.31. The lowest BCUT2D eigenvalue weighted by molar-refractivity contribution is 0.579. The van der Waals surface area contributed by atoms with Gasteiger partial charge in [0.05, 0.1) is 4.90 Å². The quantitative estimate of drug-likeness (QED) is 0.913. The highest BCUT2D eigenvalue weighted by molar-refractivity contribution is 7.89. The monoisotopic (exact) mass is 269 g/mol. The second-order valence-corrected chi connectivity index (χ2v) is 6.56. The Hall–Kier alpha value is -0.870. The predicted octanol–water partition coefficient (Wildman–Crippen LogP) is 2.92. The van der Waals surface area contributed by atoms with E-state index in [-0.39, 0.29) is 0 Å². The summed E-state index contributed by atoms with van der Waals surface area (Å²) in [4.78, 5) is 0.455. The maximum atomic E-state index is 12.3. The van der Waals surface area contributed by atoms with Crippen molar-refractivity contribution in [2.24, 2.45) is 0 Å². The highest BCUT2D eigenvalue weighted by Gasteiger charge is 2.22. The molecule has 0 aliphatic carbocycles. The fraction of sp³-hybridized carbons (Fsp3) is 0.571. The molecule has 0 amide bonds. The topological polar surface area (TPSA) is 46.2 Å². The van der Waals surface area contributed by atoms with Gasteiger partial charge >= 0.3 is 0 Å². The van der Waals surface area contributed by atoms with Crippen molar-refractivity contribution in [2.45, 2.75) is 52.9 Å². The van der Waals surface area contributed by atoms with E-state index in [0.717, 1.165) is 28.7 Å². The molecule has 0 unspecified atom stereocenters. The average molecular weight is 269 g/mol. The fourth-order valence-electron chi connectivity index (χ4n) is 2.18. The van der Waals surface area contributed by atoms with Crippen molar-refractivity contribution >= 4 is 10.0 Å². The second kappa shape index (κ2) is 5.41. The third-order valence-corrected chi connectivity index (χ3v) is 5.48. The van der Waals surface area contributed by atoms with Gasteiger partial charge in [0.25, 0.3) is 0 Å². The van der Waals surface area contributed by atoms with Crippen LogP contribution in [0.1, 0.15) is 41.2 Å². The van der Waals surface area contributed by atoms with Crippen molar-refractivity contribution in [3.8, 4) is 0 Å². The van der Waals surface area contributed by atoms with E-state index in [0.29, 0.717) is 11.4 Å². The molecule has 0 saturated heterocycles. The summed E-state index contributed by atoms with van der Waals surface area (Å²) in [5.41, 5.74) is 5.03. The van der Waals surface area contributed by atoms with E-state index in [1.807, 2.05) is 41.5 Å². The van der Waals surface area contributed by atoms with Crippen molar-refractivity contribution < 1.29 is 8.42 Å². The summed E-state index contributed by atoms with van der Waals surface area (Å²) in [6, 6.07) is 0. The Bertz CT molecular complexity index is 531. The summed E-state index contributed by atoms with van der Waals surface area (Å²) >= 11 is 0. The van der Waals surface area contributed by atoms with Gasteiger partial charge < -0.3 is 0 Å². The lowest BCUT2D eigenvalue weighted by Crippen LogP contribution is -2.26. The van der Waals surface area contributed by atoms with Gasteiger partial charge in [-0.05, 0) is 68.9 Å². The summed E-state index contributed by atoms with van der Waals surface area (Å²) in [5.74, 6) is 0. The van der Waals surface area contributed by atoms with E-state index in [4.69, 9.17) is 0 Å². The molecule has 102 valence electrons. The van der Waals surface area contributed by atoms with Gasteiger partial charge in [0.1, 0.15) is 0 Å². The van der Waals surface area contributed by atoms with Crippen LogP contribution < -0.4 is 4.72 Å². The van der Waals surface area contributed by atoms with Crippen LogP contribution in [0.15, 0.2) is 4.90 Å². The Balaban J connectivity index is 3.52.